The van der Waals surface area contributed by atoms with E-state index < -0.39 is 0 Å². The van der Waals surface area contributed by atoms with Gasteiger partial charge in [-0.3, -0.25) is 9.69 Å². The predicted octanol–water partition coefficient (Wildman–Crippen LogP) is 3.87. The van der Waals surface area contributed by atoms with Crippen LogP contribution in [0.2, 0.25) is 0 Å². The molecule has 1 N–H and O–H groups in total. The van der Waals surface area contributed by atoms with Gasteiger partial charge in [0.25, 0.3) is 5.91 Å². The summed E-state index contributed by atoms with van der Waals surface area (Å²) in [6, 6.07) is 19.9. The van der Waals surface area contributed by atoms with Crippen LogP contribution in [-0.2, 0) is 6.54 Å². The Labute approximate surface area is 149 Å². The number of hydrogen-bond donors (Lipinski definition) is 1. The van der Waals surface area contributed by atoms with Crippen LogP contribution < -0.4 is 5.32 Å². The molecule has 0 aromatic heterocycles. The topological polar surface area (TPSA) is 32.3 Å². The lowest BCUT2D eigenvalue weighted by Gasteiger charge is -2.34. The smallest absolute Gasteiger partial charge is 0.251 e. The summed E-state index contributed by atoms with van der Waals surface area (Å²) in [5.41, 5.74) is 4.80. The standard InChI is InChI=1S/C22H24N2O/c1-23-22(25)18-9-7-17(8-10-18)19-13-20-11-12-21(14-19)24(20)15-16-5-3-2-4-6-16/h2-10,13,20-21H,11-12,14-15H2,1H3,(H,23,25). The van der Waals surface area contributed by atoms with Crippen LogP contribution in [0.4, 0.5) is 0 Å². The second-order valence-electron chi connectivity index (χ2n) is 7.01. The third-order valence-corrected chi connectivity index (χ3v) is 5.49. The molecule has 1 saturated heterocycles. The summed E-state index contributed by atoms with van der Waals surface area (Å²) in [5.74, 6) is -0.0294. The third-order valence-electron chi connectivity index (χ3n) is 5.49. The first kappa shape index (κ1) is 16.1. The summed E-state index contributed by atoms with van der Waals surface area (Å²) in [5, 5.41) is 2.67. The monoisotopic (exact) mass is 332 g/mol. The number of amides is 1. The summed E-state index contributed by atoms with van der Waals surface area (Å²) in [6.45, 7) is 1.04. The average molecular weight is 332 g/mol. The van der Waals surface area contributed by atoms with Gasteiger partial charge >= 0.3 is 0 Å². The Morgan fingerprint density at radius 2 is 1.84 bits per heavy atom. The Bertz CT molecular complexity index is 779. The summed E-state index contributed by atoms with van der Waals surface area (Å²) >= 11 is 0. The number of hydrogen-bond acceptors (Lipinski definition) is 2. The molecule has 2 heterocycles. The van der Waals surface area contributed by atoms with Gasteiger partial charge in [0.05, 0.1) is 0 Å². The molecule has 4 rings (SSSR count). The van der Waals surface area contributed by atoms with Crippen LogP contribution >= 0.6 is 0 Å². The Kier molecular flexibility index (Phi) is 4.41. The first-order valence-corrected chi connectivity index (χ1v) is 9.07. The van der Waals surface area contributed by atoms with Crippen molar-refractivity contribution in [3.63, 3.8) is 0 Å². The summed E-state index contributed by atoms with van der Waals surface area (Å²) in [7, 11) is 1.67. The summed E-state index contributed by atoms with van der Waals surface area (Å²) < 4.78 is 0. The fourth-order valence-corrected chi connectivity index (χ4v) is 4.15. The first-order valence-electron chi connectivity index (χ1n) is 9.07. The van der Waals surface area contributed by atoms with Gasteiger partial charge in [0.2, 0.25) is 0 Å². The van der Waals surface area contributed by atoms with Crippen molar-refractivity contribution in [2.75, 3.05) is 7.05 Å². The van der Waals surface area contributed by atoms with Crippen molar-refractivity contribution in [3.05, 3.63) is 77.4 Å². The molecule has 2 bridgehead atoms. The zero-order valence-corrected chi connectivity index (χ0v) is 14.6. The maximum Gasteiger partial charge on any atom is 0.251 e. The fourth-order valence-electron chi connectivity index (χ4n) is 4.15. The van der Waals surface area contributed by atoms with Crippen LogP contribution in [0.25, 0.3) is 5.57 Å². The van der Waals surface area contributed by atoms with Gasteiger partial charge in [0.15, 0.2) is 0 Å². The zero-order valence-electron chi connectivity index (χ0n) is 14.6. The van der Waals surface area contributed by atoms with E-state index in [0.717, 1.165) is 18.5 Å². The van der Waals surface area contributed by atoms with Crippen LogP contribution in [0.3, 0.4) is 0 Å². The van der Waals surface area contributed by atoms with Crippen molar-refractivity contribution in [1.82, 2.24) is 10.2 Å². The molecule has 25 heavy (non-hydrogen) atoms. The number of fused-ring (bicyclic) bond motifs is 2. The molecular formula is C22H24N2O. The highest BCUT2D eigenvalue weighted by molar-refractivity contribution is 5.94. The molecule has 3 heteroatoms. The van der Waals surface area contributed by atoms with Crippen molar-refractivity contribution in [2.24, 2.45) is 0 Å². The van der Waals surface area contributed by atoms with E-state index in [1.54, 1.807) is 7.05 Å². The van der Waals surface area contributed by atoms with Gasteiger partial charge in [-0.15, -0.1) is 0 Å². The largest absolute Gasteiger partial charge is 0.355 e. The fraction of sp³-hybridized carbons (Fsp3) is 0.318. The van der Waals surface area contributed by atoms with E-state index in [1.165, 1.54) is 29.5 Å². The van der Waals surface area contributed by atoms with Crippen LogP contribution in [0, 0.1) is 0 Å². The van der Waals surface area contributed by atoms with Gasteiger partial charge in [0, 0.05) is 31.2 Å². The quantitative estimate of drug-likeness (QED) is 0.922. The van der Waals surface area contributed by atoms with Crippen LogP contribution in [0.5, 0.6) is 0 Å². The Morgan fingerprint density at radius 3 is 2.52 bits per heavy atom. The predicted molar refractivity (Wildman–Crippen MR) is 101 cm³/mol. The van der Waals surface area contributed by atoms with Crippen LogP contribution in [0.1, 0.15) is 40.7 Å². The van der Waals surface area contributed by atoms with E-state index in [0.29, 0.717) is 12.1 Å². The molecule has 0 saturated carbocycles. The number of benzene rings is 2. The van der Waals surface area contributed by atoms with Gasteiger partial charge < -0.3 is 5.32 Å². The maximum atomic E-state index is 11.7. The lowest BCUT2D eigenvalue weighted by molar-refractivity contribution is 0.0963. The highest BCUT2D eigenvalue weighted by Crippen LogP contribution is 2.39. The molecule has 2 aromatic rings. The highest BCUT2D eigenvalue weighted by Gasteiger charge is 2.36. The third kappa shape index (κ3) is 3.24. The summed E-state index contributed by atoms with van der Waals surface area (Å²) in [6.07, 6.45) is 6.06. The molecule has 0 spiro atoms. The minimum Gasteiger partial charge on any atom is -0.355 e. The van der Waals surface area contributed by atoms with E-state index in [-0.39, 0.29) is 5.91 Å². The molecular weight excluding hydrogens is 308 g/mol. The second-order valence-corrected chi connectivity index (χ2v) is 7.01. The van der Waals surface area contributed by atoms with E-state index >= 15 is 0 Å². The molecule has 0 aliphatic carbocycles. The van der Waals surface area contributed by atoms with Crippen molar-refractivity contribution >= 4 is 11.5 Å². The van der Waals surface area contributed by atoms with E-state index in [2.05, 4.69) is 58.8 Å². The van der Waals surface area contributed by atoms with Gasteiger partial charge in [-0.25, -0.2) is 0 Å². The number of nitrogens with zero attached hydrogens (tertiary/aromatic N) is 1. The molecule has 2 aliphatic heterocycles. The van der Waals surface area contributed by atoms with Crippen molar-refractivity contribution in [1.29, 1.82) is 0 Å². The van der Waals surface area contributed by atoms with Gasteiger partial charge in [-0.1, -0.05) is 48.5 Å². The molecule has 3 nitrogen and oxygen atoms in total. The maximum absolute atomic E-state index is 11.7. The number of nitrogens with one attached hydrogen (secondary N) is 1. The molecule has 2 aromatic carbocycles. The normalized spacial score (nSPS) is 22.5. The Hall–Kier alpha value is -2.39. The molecule has 2 aliphatic rings. The lowest BCUT2D eigenvalue weighted by atomic mass is 9.93. The number of carbonyl (C=O) groups excluding carboxylic acids is 1. The number of carbonyl (C=O) groups is 1. The zero-order chi connectivity index (χ0) is 17.2. The van der Waals surface area contributed by atoms with E-state index in [1.807, 2.05) is 12.1 Å². The second kappa shape index (κ2) is 6.85. The molecule has 1 fully saturated rings. The Morgan fingerprint density at radius 1 is 1.08 bits per heavy atom. The minimum atomic E-state index is -0.0294. The summed E-state index contributed by atoms with van der Waals surface area (Å²) in [4.78, 5) is 14.3. The van der Waals surface area contributed by atoms with Crippen LogP contribution in [-0.4, -0.2) is 29.9 Å². The lowest BCUT2D eigenvalue weighted by Crippen LogP contribution is -2.37. The van der Waals surface area contributed by atoms with E-state index in [4.69, 9.17) is 0 Å². The van der Waals surface area contributed by atoms with Gasteiger partial charge in [-0.2, -0.15) is 0 Å². The van der Waals surface area contributed by atoms with Crippen molar-refractivity contribution in [2.45, 2.75) is 37.9 Å². The minimum absolute atomic E-state index is 0.0294. The average Bonchev–Trinajstić information content (AvgIpc) is 2.90. The SMILES string of the molecule is CNC(=O)c1ccc(C2=CC3CCC(C2)N3Cc2ccccc2)cc1. The molecule has 2 atom stereocenters. The van der Waals surface area contributed by atoms with Gasteiger partial charge in [-0.05, 0) is 48.1 Å². The molecule has 2 unspecified atom stereocenters. The molecule has 1 amide bonds. The molecule has 128 valence electrons. The van der Waals surface area contributed by atoms with E-state index in [9.17, 15) is 4.79 Å². The number of rotatable bonds is 4. The first-order chi connectivity index (χ1) is 12.2. The molecule has 0 radical (unpaired) electrons. The highest BCUT2D eigenvalue weighted by atomic mass is 16.1. The van der Waals surface area contributed by atoms with Crippen molar-refractivity contribution in [3.8, 4) is 0 Å². The van der Waals surface area contributed by atoms with Crippen molar-refractivity contribution < 1.29 is 4.79 Å². The van der Waals surface area contributed by atoms with Gasteiger partial charge in [0.1, 0.15) is 0 Å². The van der Waals surface area contributed by atoms with Crippen LogP contribution in [0.15, 0.2) is 60.7 Å². The Balaban J connectivity index is 1.52.